The number of amides is 1. The van der Waals surface area contributed by atoms with Crippen molar-refractivity contribution in [1.29, 1.82) is 0 Å². The number of hydrogen-bond acceptors (Lipinski definition) is 4. The third-order valence-electron chi connectivity index (χ3n) is 3.94. The number of ether oxygens (including phenoxy) is 1. The highest BCUT2D eigenvalue weighted by Gasteiger charge is 2.21. The zero-order valence-electron chi connectivity index (χ0n) is 15.6. The molecule has 6 nitrogen and oxygen atoms in total. The van der Waals surface area contributed by atoms with Crippen molar-refractivity contribution < 1.29 is 22.3 Å². The normalized spacial score (nSPS) is 11.0. The average molecular weight is 414 g/mol. The van der Waals surface area contributed by atoms with Crippen LogP contribution in [0.3, 0.4) is 0 Å². The van der Waals surface area contributed by atoms with Crippen molar-refractivity contribution in [2.75, 3.05) is 22.4 Å². The van der Waals surface area contributed by atoms with E-state index in [1.165, 1.54) is 30.3 Å². The van der Waals surface area contributed by atoms with Crippen LogP contribution in [0.1, 0.15) is 0 Å². The van der Waals surface area contributed by atoms with Crippen molar-refractivity contribution in [3.8, 4) is 11.5 Å². The Morgan fingerprint density at radius 3 is 2.14 bits per heavy atom. The van der Waals surface area contributed by atoms with E-state index < -0.39 is 28.3 Å². The smallest absolute Gasteiger partial charge is 0.245 e. The summed E-state index contributed by atoms with van der Waals surface area (Å²) >= 11 is 0. The van der Waals surface area contributed by atoms with Gasteiger partial charge in [-0.1, -0.05) is 30.3 Å². The number of benzene rings is 3. The molecule has 0 atom stereocenters. The molecule has 1 amide bonds. The third kappa shape index (κ3) is 5.55. The maximum atomic E-state index is 13.7. The van der Waals surface area contributed by atoms with Gasteiger partial charge in [0.2, 0.25) is 15.9 Å². The summed E-state index contributed by atoms with van der Waals surface area (Å²) in [6, 6.07) is 21.1. The summed E-state index contributed by atoms with van der Waals surface area (Å²) in [5, 5.41) is 2.38. The van der Waals surface area contributed by atoms with Crippen molar-refractivity contribution >= 4 is 27.3 Å². The van der Waals surface area contributed by atoms with Crippen molar-refractivity contribution in [2.45, 2.75) is 0 Å². The highest BCUT2D eigenvalue weighted by atomic mass is 32.2. The van der Waals surface area contributed by atoms with Gasteiger partial charge in [0.15, 0.2) is 0 Å². The van der Waals surface area contributed by atoms with Gasteiger partial charge >= 0.3 is 0 Å². The number of para-hydroxylation sites is 2. The van der Waals surface area contributed by atoms with Gasteiger partial charge in [0.05, 0.1) is 17.6 Å². The van der Waals surface area contributed by atoms with E-state index in [0.29, 0.717) is 11.5 Å². The number of hydrogen-bond donors (Lipinski definition) is 1. The lowest BCUT2D eigenvalue weighted by atomic mass is 10.3. The lowest BCUT2D eigenvalue weighted by molar-refractivity contribution is -0.114. The number of halogens is 1. The van der Waals surface area contributed by atoms with Crippen LogP contribution in [0.4, 0.5) is 15.8 Å². The molecule has 0 spiro atoms. The van der Waals surface area contributed by atoms with E-state index in [1.54, 1.807) is 30.3 Å². The molecule has 29 heavy (non-hydrogen) atoms. The number of nitrogens with one attached hydrogen (secondary N) is 1. The molecule has 0 aliphatic rings. The highest BCUT2D eigenvalue weighted by Crippen LogP contribution is 2.25. The van der Waals surface area contributed by atoms with Gasteiger partial charge in [-0.05, 0) is 48.5 Å². The molecule has 3 aromatic carbocycles. The minimum Gasteiger partial charge on any atom is -0.457 e. The summed E-state index contributed by atoms with van der Waals surface area (Å²) in [5.74, 6) is -0.104. The highest BCUT2D eigenvalue weighted by molar-refractivity contribution is 7.92. The first-order valence-electron chi connectivity index (χ1n) is 8.68. The second-order valence-corrected chi connectivity index (χ2v) is 8.11. The van der Waals surface area contributed by atoms with Gasteiger partial charge in [-0.3, -0.25) is 9.10 Å². The molecule has 0 saturated carbocycles. The minimum atomic E-state index is -3.75. The zero-order valence-corrected chi connectivity index (χ0v) is 16.4. The van der Waals surface area contributed by atoms with Gasteiger partial charge in [0, 0.05) is 0 Å². The monoisotopic (exact) mass is 414 g/mol. The third-order valence-corrected chi connectivity index (χ3v) is 5.08. The predicted octanol–water partition coefficient (Wildman–Crippen LogP) is 4.02. The van der Waals surface area contributed by atoms with E-state index in [-0.39, 0.29) is 11.4 Å². The molecule has 150 valence electrons. The largest absolute Gasteiger partial charge is 0.457 e. The van der Waals surface area contributed by atoms with Gasteiger partial charge in [0.25, 0.3) is 0 Å². The van der Waals surface area contributed by atoms with Crippen LogP contribution in [-0.2, 0) is 14.8 Å². The Labute approximate surface area is 168 Å². The van der Waals surface area contributed by atoms with Crippen LogP contribution in [0.15, 0.2) is 78.9 Å². The second-order valence-electron chi connectivity index (χ2n) is 6.21. The molecule has 8 heteroatoms. The van der Waals surface area contributed by atoms with E-state index in [2.05, 4.69) is 5.32 Å². The van der Waals surface area contributed by atoms with Gasteiger partial charge in [-0.15, -0.1) is 0 Å². The van der Waals surface area contributed by atoms with E-state index in [9.17, 15) is 17.6 Å². The van der Waals surface area contributed by atoms with Crippen LogP contribution < -0.4 is 14.4 Å². The van der Waals surface area contributed by atoms with Crippen LogP contribution in [0.2, 0.25) is 0 Å². The van der Waals surface area contributed by atoms with E-state index in [4.69, 9.17) is 4.74 Å². The Balaban J connectivity index is 1.75. The first kappa shape index (κ1) is 20.3. The Morgan fingerprint density at radius 1 is 0.931 bits per heavy atom. The van der Waals surface area contributed by atoms with Crippen LogP contribution >= 0.6 is 0 Å². The first-order valence-corrected chi connectivity index (χ1v) is 10.5. The Kier molecular flexibility index (Phi) is 6.13. The number of sulfonamides is 1. The van der Waals surface area contributed by atoms with E-state index in [1.807, 2.05) is 18.2 Å². The summed E-state index contributed by atoms with van der Waals surface area (Å²) < 4.78 is 44.7. The minimum absolute atomic E-state index is 0.0161. The van der Waals surface area contributed by atoms with Crippen molar-refractivity contribution in [3.05, 3.63) is 84.7 Å². The summed E-state index contributed by atoms with van der Waals surface area (Å²) in [6.45, 7) is -0.494. The number of anilines is 2. The van der Waals surface area contributed by atoms with Gasteiger partial charge in [-0.2, -0.15) is 0 Å². The zero-order chi connectivity index (χ0) is 20.9. The lowest BCUT2D eigenvalue weighted by Gasteiger charge is -2.22. The van der Waals surface area contributed by atoms with Crippen molar-refractivity contribution in [2.24, 2.45) is 0 Å². The first-order chi connectivity index (χ1) is 13.8. The molecule has 1 N–H and O–H groups in total. The van der Waals surface area contributed by atoms with Gasteiger partial charge in [0.1, 0.15) is 23.9 Å². The van der Waals surface area contributed by atoms with Crippen molar-refractivity contribution in [1.82, 2.24) is 0 Å². The van der Waals surface area contributed by atoms with Gasteiger partial charge < -0.3 is 10.1 Å². The molecule has 0 aliphatic carbocycles. The van der Waals surface area contributed by atoms with E-state index >= 15 is 0 Å². The fourth-order valence-corrected chi connectivity index (χ4v) is 3.44. The van der Waals surface area contributed by atoms with Crippen LogP contribution in [-0.4, -0.2) is 27.1 Å². The number of rotatable bonds is 7. The molecule has 0 saturated heterocycles. The Morgan fingerprint density at radius 2 is 1.52 bits per heavy atom. The molecule has 0 aliphatic heterocycles. The fourth-order valence-electron chi connectivity index (χ4n) is 2.59. The van der Waals surface area contributed by atoms with Crippen LogP contribution in [0.5, 0.6) is 11.5 Å². The Bertz CT molecular complexity index is 1090. The number of carbonyl (C=O) groups is 1. The molecule has 0 aromatic heterocycles. The molecule has 3 rings (SSSR count). The van der Waals surface area contributed by atoms with Gasteiger partial charge in [-0.25, -0.2) is 12.8 Å². The summed E-state index contributed by atoms with van der Waals surface area (Å²) in [4.78, 5) is 12.3. The summed E-state index contributed by atoms with van der Waals surface area (Å²) in [7, 11) is -3.75. The molecule has 0 fully saturated rings. The topological polar surface area (TPSA) is 75.7 Å². The second kappa shape index (κ2) is 8.74. The molecule has 0 heterocycles. The molecule has 0 unspecified atom stereocenters. The van der Waals surface area contributed by atoms with Crippen LogP contribution in [0.25, 0.3) is 0 Å². The lowest BCUT2D eigenvalue weighted by Crippen LogP contribution is -2.37. The SMILES string of the molecule is CS(=O)(=O)N(CC(=O)Nc1ccccc1F)c1ccc(Oc2ccccc2)cc1. The molecule has 0 bridgehead atoms. The van der Waals surface area contributed by atoms with Crippen LogP contribution in [0, 0.1) is 5.82 Å². The molecule has 0 radical (unpaired) electrons. The molecular weight excluding hydrogens is 395 g/mol. The maximum Gasteiger partial charge on any atom is 0.245 e. The summed E-state index contributed by atoms with van der Waals surface area (Å²) in [6.07, 6.45) is 0.998. The molecular formula is C21H19FN2O4S. The number of carbonyl (C=O) groups excluding carboxylic acids is 1. The quantitative estimate of drug-likeness (QED) is 0.634. The standard InChI is InChI=1S/C21H19FN2O4S/c1-29(26,27)24(15-21(25)23-20-10-6-5-9-19(20)22)16-11-13-18(14-12-16)28-17-7-3-2-4-8-17/h2-14H,15H2,1H3,(H,23,25). The molecule has 3 aromatic rings. The van der Waals surface area contributed by atoms with E-state index in [0.717, 1.165) is 10.6 Å². The number of nitrogens with zero attached hydrogens (tertiary/aromatic N) is 1. The average Bonchev–Trinajstić information content (AvgIpc) is 2.69. The predicted molar refractivity (Wildman–Crippen MR) is 110 cm³/mol. The summed E-state index contributed by atoms with van der Waals surface area (Å²) in [5.41, 5.74) is 0.272. The fraction of sp³-hybridized carbons (Fsp3) is 0.0952. The van der Waals surface area contributed by atoms with Crippen molar-refractivity contribution in [3.63, 3.8) is 0 Å². The Hall–Kier alpha value is -3.39. The maximum absolute atomic E-state index is 13.7.